The molecule has 0 radical (unpaired) electrons. The number of anilines is 3. The number of carbonyl (C=O) groups is 3. The van der Waals surface area contributed by atoms with Gasteiger partial charge in [0, 0.05) is 49.0 Å². The Morgan fingerprint density at radius 1 is 0.907 bits per heavy atom. The minimum atomic E-state index is -0.628. The van der Waals surface area contributed by atoms with Gasteiger partial charge < -0.3 is 24.6 Å². The van der Waals surface area contributed by atoms with E-state index in [1.807, 2.05) is 45.8 Å². The van der Waals surface area contributed by atoms with Crippen molar-refractivity contribution in [3.8, 4) is 5.75 Å². The van der Waals surface area contributed by atoms with Crippen molar-refractivity contribution in [1.82, 2.24) is 9.88 Å². The van der Waals surface area contributed by atoms with Crippen LogP contribution in [-0.2, 0) is 11.2 Å². The monoisotopic (exact) mass is 609 g/mol. The van der Waals surface area contributed by atoms with Gasteiger partial charge in [-0.3, -0.25) is 10.1 Å². The zero-order valence-electron chi connectivity index (χ0n) is 25.9. The molecule has 0 aliphatic rings. The molecule has 0 aliphatic carbocycles. The smallest absolute Gasteiger partial charge is 0.415 e. The van der Waals surface area contributed by atoms with Crippen LogP contribution in [0.2, 0.25) is 5.02 Å². The van der Waals surface area contributed by atoms with Gasteiger partial charge in [-0.15, -0.1) is 0 Å². The van der Waals surface area contributed by atoms with Crippen molar-refractivity contribution in [2.45, 2.75) is 59.1 Å². The third-order valence-corrected chi connectivity index (χ3v) is 6.30. The van der Waals surface area contributed by atoms with Gasteiger partial charge in [0.25, 0.3) is 5.91 Å². The Morgan fingerprint density at radius 2 is 1.58 bits per heavy atom. The van der Waals surface area contributed by atoms with E-state index in [-0.39, 0.29) is 5.91 Å². The van der Waals surface area contributed by atoms with Gasteiger partial charge in [0.1, 0.15) is 17.2 Å². The average molecular weight is 610 g/mol. The Hall–Kier alpha value is -4.31. The van der Waals surface area contributed by atoms with Crippen LogP contribution < -0.4 is 20.3 Å². The van der Waals surface area contributed by atoms with Crippen molar-refractivity contribution in [2.75, 3.05) is 36.2 Å². The van der Waals surface area contributed by atoms with E-state index in [0.717, 1.165) is 0 Å². The number of amides is 3. The molecule has 0 atom stereocenters. The number of carbonyl (C=O) groups excluding carboxylic acids is 3. The van der Waals surface area contributed by atoms with E-state index in [1.54, 1.807) is 80.3 Å². The predicted octanol–water partition coefficient (Wildman–Crippen LogP) is 7.24. The van der Waals surface area contributed by atoms with Gasteiger partial charge in [-0.2, -0.15) is 0 Å². The van der Waals surface area contributed by atoms with Crippen molar-refractivity contribution in [2.24, 2.45) is 0 Å². The van der Waals surface area contributed by atoms with E-state index in [1.165, 1.54) is 0 Å². The van der Waals surface area contributed by atoms with E-state index in [0.29, 0.717) is 52.2 Å². The summed E-state index contributed by atoms with van der Waals surface area (Å²) in [7, 11) is 3.67. The summed E-state index contributed by atoms with van der Waals surface area (Å²) in [5.41, 5.74) is 1.24. The lowest BCUT2D eigenvalue weighted by Gasteiger charge is -2.34. The molecule has 3 amide bonds. The standard InChI is InChI=1S/C32H40ClN5O5/c1-31(2,3)38(19-18-22-10-9-11-27(34-22)36-29(40)43-32(4,5)6)30(41)42-24-15-13-23(14-16-24)35-28(39)25-17-12-21(33)20-26(25)37(7)8/h9-17,20H,18-19H2,1-8H3,(H,35,39)(H,34,36,40). The van der Waals surface area contributed by atoms with E-state index < -0.39 is 23.3 Å². The molecule has 1 heterocycles. The Morgan fingerprint density at radius 3 is 2.19 bits per heavy atom. The van der Waals surface area contributed by atoms with Gasteiger partial charge in [-0.05, 0) is 96.1 Å². The second kappa shape index (κ2) is 13.8. The van der Waals surface area contributed by atoms with Crippen molar-refractivity contribution in [3.63, 3.8) is 0 Å². The minimum absolute atomic E-state index is 0.289. The molecular weight excluding hydrogens is 570 g/mol. The van der Waals surface area contributed by atoms with Crippen LogP contribution in [0.1, 0.15) is 57.6 Å². The van der Waals surface area contributed by atoms with Crippen LogP contribution >= 0.6 is 11.6 Å². The van der Waals surface area contributed by atoms with Gasteiger partial charge in [0.05, 0.1) is 11.3 Å². The molecule has 0 saturated carbocycles. The van der Waals surface area contributed by atoms with Gasteiger partial charge >= 0.3 is 12.2 Å². The second-order valence-electron chi connectivity index (χ2n) is 12.1. The van der Waals surface area contributed by atoms with Crippen LogP contribution in [-0.4, -0.2) is 59.8 Å². The number of hydrogen-bond acceptors (Lipinski definition) is 7. The van der Waals surface area contributed by atoms with Gasteiger partial charge in [0.15, 0.2) is 0 Å². The maximum atomic E-state index is 13.2. The van der Waals surface area contributed by atoms with E-state index in [2.05, 4.69) is 15.6 Å². The maximum absolute atomic E-state index is 13.2. The molecule has 0 spiro atoms. The first-order valence-corrected chi connectivity index (χ1v) is 14.2. The average Bonchev–Trinajstić information content (AvgIpc) is 2.88. The normalized spacial score (nSPS) is 11.4. The van der Waals surface area contributed by atoms with Crippen LogP contribution in [0, 0.1) is 0 Å². The zero-order chi connectivity index (χ0) is 31.9. The lowest BCUT2D eigenvalue weighted by Crippen LogP contribution is -2.48. The number of nitrogens with one attached hydrogen (secondary N) is 2. The molecule has 1 aromatic heterocycles. The van der Waals surface area contributed by atoms with Crippen molar-refractivity contribution >= 4 is 46.9 Å². The largest absolute Gasteiger partial charge is 0.444 e. The van der Waals surface area contributed by atoms with E-state index >= 15 is 0 Å². The number of rotatable bonds is 8. The number of benzene rings is 2. The Bertz CT molecular complexity index is 1450. The highest BCUT2D eigenvalue weighted by Gasteiger charge is 2.28. The van der Waals surface area contributed by atoms with Gasteiger partial charge in [-0.1, -0.05) is 17.7 Å². The number of pyridine rings is 1. The quantitative estimate of drug-likeness (QED) is 0.277. The summed E-state index contributed by atoms with van der Waals surface area (Å²) >= 11 is 6.10. The van der Waals surface area contributed by atoms with Crippen LogP contribution in [0.25, 0.3) is 0 Å². The lowest BCUT2D eigenvalue weighted by atomic mass is 10.1. The number of nitrogens with zero attached hydrogens (tertiary/aromatic N) is 3. The lowest BCUT2D eigenvalue weighted by molar-refractivity contribution is 0.0635. The highest BCUT2D eigenvalue weighted by atomic mass is 35.5. The highest BCUT2D eigenvalue weighted by molar-refractivity contribution is 6.31. The first-order valence-electron chi connectivity index (χ1n) is 13.9. The Labute approximate surface area is 258 Å². The fourth-order valence-corrected chi connectivity index (χ4v) is 4.22. The summed E-state index contributed by atoms with van der Waals surface area (Å²) < 4.78 is 11.0. The van der Waals surface area contributed by atoms with Crippen molar-refractivity contribution in [3.05, 3.63) is 76.9 Å². The van der Waals surface area contributed by atoms with E-state index in [4.69, 9.17) is 21.1 Å². The zero-order valence-corrected chi connectivity index (χ0v) is 26.7. The van der Waals surface area contributed by atoms with Crippen LogP contribution in [0.5, 0.6) is 5.75 Å². The Kier molecular flexibility index (Phi) is 10.6. The van der Waals surface area contributed by atoms with Gasteiger partial charge in [-0.25, -0.2) is 14.6 Å². The summed E-state index contributed by atoms with van der Waals surface area (Å²) in [6, 6.07) is 16.9. The molecule has 2 aromatic carbocycles. The Balaban J connectivity index is 1.63. The SMILES string of the molecule is CN(C)c1cc(Cl)ccc1C(=O)Nc1ccc(OC(=O)N(CCc2cccc(NC(=O)OC(C)(C)C)n2)C(C)(C)C)cc1. The predicted molar refractivity (Wildman–Crippen MR) is 170 cm³/mol. The first-order chi connectivity index (χ1) is 20.0. The van der Waals surface area contributed by atoms with Crippen LogP contribution in [0.4, 0.5) is 26.8 Å². The summed E-state index contributed by atoms with van der Waals surface area (Å²) in [6.45, 7) is 11.4. The van der Waals surface area contributed by atoms with Crippen molar-refractivity contribution in [1.29, 1.82) is 0 Å². The molecule has 10 nitrogen and oxygen atoms in total. The molecule has 43 heavy (non-hydrogen) atoms. The van der Waals surface area contributed by atoms with Crippen LogP contribution in [0.3, 0.4) is 0 Å². The molecule has 3 rings (SSSR count). The molecule has 230 valence electrons. The second-order valence-corrected chi connectivity index (χ2v) is 12.6. The number of ether oxygens (including phenoxy) is 2. The van der Waals surface area contributed by atoms with E-state index in [9.17, 15) is 14.4 Å². The van der Waals surface area contributed by atoms with Crippen molar-refractivity contribution < 1.29 is 23.9 Å². The third kappa shape index (κ3) is 10.2. The molecule has 0 saturated heterocycles. The topological polar surface area (TPSA) is 113 Å². The molecule has 0 fully saturated rings. The van der Waals surface area contributed by atoms with Crippen LogP contribution in [0.15, 0.2) is 60.7 Å². The molecule has 11 heteroatoms. The van der Waals surface area contributed by atoms with Gasteiger partial charge in [0.2, 0.25) is 0 Å². The summed E-state index contributed by atoms with van der Waals surface area (Å²) in [6.07, 6.45) is -0.684. The molecule has 0 bridgehead atoms. The molecular formula is C32H40ClN5O5. The fourth-order valence-electron chi connectivity index (χ4n) is 4.05. The molecule has 2 N–H and O–H groups in total. The number of hydrogen-bond donors (Lipinski definition) is 2. The number of aromatic nitrogens is 1. The third-order valence-electron chi connectivity index (χ3n) is 6.06. The molecule has 0 aliphatic heterocycles. The maximum Gasteiger partial charge on any atom is 0.415 e. The highest BCUT2D eigenvalue weighted by Crippen LogP contribution is 2.25. The fraction of sp³-hybridized carbons (Fsp3) is 0.375. The summed E-state index contributed by atoms with van der Waals surface area (Å²) in [4.78, 5) is 46.2. The number of halogens is 1. The summed E-state index contributed by atoms with van der Waals surface area (Å²) in [5, 5.41) is 6.04. The summed E-state index contributed by atoms with van der Waals surface area (Å²) in [5.74, 6) is 0.403. The molecule has 0 unspecified atom stereocenters. The molecule has 3 aromatic rings. The minimum Gasteiger partial charge on any atom is -0.444 e. The first kappa shape index (κ1) is 33.2.